The summed E-state index contributed by atoms with van der Waals surface area (Å²) < 4.78 is 37.0. The first-order chi connectivity index (χ1) is 9.95. The van der Waals surface area contributed by atoms with Crippen LogP contribution < -0.4 is 10.5 Å². The van der Waals surface area contributed by atoms with Crippen molar-refractivity contribution >= 4 is 10.0 Å². The smallest absolute Gasteiger partial charge is 0.240 e. The molecule has 4 N–H and O–H groups in total. The quantitative estimate of drug-likeness (QED) is 0.526. The Kier molecular flexibility index (Phi) is 7.62. The van der Waals surface area contributed by atoms with E-state index in [1.165, 1.54) is 24.3 Å². The van der Waals surface area contributed by atoms with Crippen molar-refractivity contribution in [1.29, 1.82) is 0 Å². The van der Waals surface area contributed by atoms with Crippen LogP contribution in [-0.4, -0.2) is 52.5 Å². The minimum Gasteiger partial charge on any atom is -0.508 e. The van der Waals surface area contributed by atoms with Gasteiger partial charge >= 0.3 is 0 Å². The maximum absolute atomic E-state index is 12.0. The lowest BCUT2D eigenvalue weighted by atomic mass is 10.3. The second-order valence-corrected chi connectivity index (χ2v) is 6.21. The lowest BCUT2D eigenvalue weighted by molar-refractivity contribution is 0.0455. The summed E-state index contributed by atoms with van der Waals surface area (Å²) in [4.78, 5) is 0.0958. The molecule has 0 amide bonds. The zero-order valence-electron chi connectivity index (χ0n) is 12.0. The fourth-order valence-electron chi connectivity index (χ4n) is 1.56. The van der Waals surface area contributed by atoms with Gasteiger partial charge in [-0.2, -0.15) is 0 Å². The molecule has 0 spiro atoms. The maximum atomic E-state index is 12.0. The molecule has 0 heterocycles. The third-order valence-electron chi connectivity index (χ3n) is 2.51. The van der Waals surface area contributed by atoms with Crippen molar-refractivity contribution in [3.8, 4) is 5.75 Å². The van der Waals surface area contributed by atoms with Crippen LogP contribution in [0, 0.1) is 0 Å². The standard InChI is InChI=1S/C13H22N2O5S/c1-11(10-20-9-8-19-7-6-14)15-21(17,18)13-4-2-12(16)3-5-13/h2-5,11,15-16H,6-10,14H2,1H3. The topological polar surface area (TPSA) is 111 Å². The Bertz CT molecular complexity index is 504. The molecule has 1 aromatic carbocycles. The molecular formula is C13H22N2O5S. The highest BCUT2D eigenvalue weighted by atomic mass is 32.2. The first-order valence-electron chi connectivity index (χ1n) is 6.62. The monoisotopic (exact) mass is 318 g/mol. The van der Waals surface area contributed by atoms with Gasteiger partial charge in [0.15, 0.2) is 0 Å². The Balaban J connectivity index is 2.36. The zero-order valence-corrected chi connectivity index (χ0v) is 12.8. The fraction of sp³-hybridized carbons (Fsp3) is 0.538. The summed E-state index contributed by atoms with van der Waals surface area (Å²) in [5.41, 5.74) is 5.27. The van der Waals surface area contributed by atoms with Crippen LogP contribution in [0.4, 0.5) is 0 Å². The number of hydrogen-bond acceptors (Lipinski definition) is 6. The van der Waals surface area contributed by atoms with Crippen molar-refractivity contribution < 1.29 is 23.0 Å². The molecule has 0 aliphatic carbocycles. The van der Waals surface area contributed by atoms with Gasteiger partial charge in [-0.05, 0) is 31.2 Å². The molecular weight excluding hydrogens is 296 g/mol. The maximum Gasteiger partial charge on any atom is 0.240 e. The highest BCUT2D eigenvalue weighted by Gasteiger charge is 2.17. The van der Waals surface area contributed by atoms with Gasteiger partial charge in [-0.25, -0.2) is 13.1 Å². The van der Waals surface area contributed by atoms with E-state index < -0.39 is 10.0 Å². The molecule has 0 radical (unpaired) electrons. The minimum absolute atomic E-state index is 0.0165. The van der Waals surface area contributed by atoms with E-state index in [-0.39, 0.29) is 23.3 Å². The van der Waals surface area contributed by atoms with Gasteiger partial charge in [-0.1, -0.05) is 0 Å². The number of ether oxygens (including phenoxy) is 2. The van der Waals surface area contributed by atoms with E-state index in [0.717, 1.165) is 0 Å². The fourth-order valence-corrected chi connectivity index (χ4v) is 2.78. The molecule has 1 aromatic rings. The van der Waals surface area contributed by atoms with E-state index in [0.29, 0.717) is 26.4 Å². The van der Waals surface area contributed by atoms with Crippen LogP contribution >= 0.6 is 0 Å². The number of phenols is 1. The number of nitrogens with two attached hydrogens (primary N) is 1. The summed E-state index contributed by atoms with van der Waals surface area (Å²) in [6, 6.07) is 4.95. The van der Waals surface area contributed by atoms with Gasteiger partial charge in [-0.15, -0.1) is 0 Å². The van der Waals surface area contributed by atoms with Crippen LogP contribution in [0.15, 0.2) is 29.2 Å². The third-order valence-corrected chi connectivity index (χ3v) is 4.11. The molecule has 120 valence electrons. The number of aromatic hydroxyl groups is 1. The van der Waals surface area contributed by atoms with E-state index in [1.54, 1.807) is 6.92 Å². The molecule has 0 aliphatic heterocycles. The summed E-state index contributed by atoms with van der Waals surface area (Å²) in [6.45, 7) is 3.69. The Morgan fingerprint density at radius 2 is 1.81 bits per heavy atom. The van der Waals surface area contributed by atoms with Crippen LogP contribution in [0.5, 0.6) is 5.75 Å². The lowest BCUT2D eigenvalue weighted by Gasteiger charge is -2.14. The SMILES string of the molecule is CC(COCCOCCN)NS(=O)(=O)c1ccc(O)cc1. The number of hydrogen-bond donors (Lipinski definition) is 3. The summed E-state index contributed by atoms with van der Waals surface area (Å²) in [7, 11) is -3.62. The van der Waals surface area contributed by atoms with Gasteiger partial charge in [0.2, 0.25) is 10.0 Å². The second-order valence-electron chi connectivity index (χ2n) is 4.49. The number of benzene rings is 1. The Morgan fingerprint density at radius 3 is 2.43 bits per heavy atom. The Labute approximate surface area is 125 Å². The average Bonchev–Trinajstić information content (AvgIpc) is 2.42. The molecule has 1 unspecified atom stereocenters. The van der Waals surface area contributed by atoms with Crippen molar-refractivity contribution in [1.82, 2.24) is 4.72 Å². The first kappa shape index (κ1) is 17.9. The summed E-state index contributed by atoms with van der Waals surface area (Å²) >= 11 is 0. The van der Waals surface area contributed by atoms with Gasteiger partial charge < -0.3 is 20.3 Å². The van der Waals surface area contributed by atoms with Crippen LogP contribution in [0.2, 0.25) is 0 Å². The van der Waals surface area contributed by atoms with Gasteiger partial charge in [0.05, 0.1) is 31.3 Å². The molecule has 1 atom stereocenters. The van der Waals surface area contributed by atoms with Gasteiger partial charge in [0, 0.05) is 12.6 Å². The normalized spacial score (nSPS) is 13.2. The van der Waals surface area contributed by atoms with Gasteiger partial charge in [-0.3, -0.25) is 0 Å². The second kappa shape index (κ2) is 8.96. The molecule has 0 fully saturated rings. The molecule has 7 nitrogen and oxygen atoms in total. The largest absolute Gasteiger partial charge is 0.508 e. The van der Waals surface area contributed by atoms with E-state index in [4.69, 9.17) is 20.3 Å². The minimum atomic E-state index is -3.62. The molecule has 0 saturated carbocycles. The van der Waals surface area contributed by atoms with Crippen molar-refractivity contribution in [3.05, 3.63) is 24.3 Å². The van der Waals surface area contributed by atoms with Crippen LogP contribution in [0.25, 0.3) is 0 Å². The summed E-state index contributed by atoms with van der Waals surface area (Å²) in [6.07, 6.45) is 0. The highest BCUT2D eigenvalue weighted by Crippen LogP contribution is 2.14. The molecule has 1 rings (SSSR count). The number of rotatable bonds is 10. The number of nitrogens with one attached hydrogen (secondary N) is 1. The summed E-state index contributed by atoms with van der Waals surface area (Å²) in [5, 5.41) is 9.15. The van der Waals surface area contributed by atoms with E-state index >= 15 is 0 Å². The molecule has 0 aromatic heterocycles. The van der Waals surface area contributed by atoms with Crippen molar-refractivity contribution in [2.75, 3.05) is 33.0 Å². The first-order valence-corrected chi connectivity index (χ1v) is 8.11. The number of phenolic OH excluding ortho intramolecular Hbond substituents is 1. The predicted molar refractivity (Wildman–Crippen MR) is 78.6 cm³/mol. The van der Waals surface area contributed by atoms with E-state index in [1.807, 2.05) is 0 Å². The molecule has 0 saturated heterocycles. The zero-order chi connectivity index (χ0) is 15.7. The number of sulfonamides is 1. The van der Waals surface area contributed by atoms with Crippen LogP contribution in [0.1, 0.15) is 6.92 Å². The third kappa shape index (κ3) is 6.87. The van der Waals surface area contributed by atoms with Crippen LogP contribution in [0.3, 0.4) is 0 Å². The lowest BCUT2D eigenvalue weighted by Crippen LogP contribution is -2.36. The Morgan fingerprint density at radius 1 is 1.19 bits per heavy atom. The van der Waals surface area contributed by atoms with Gasteiger partial charge in [0.1, 0.15) is 5.75 Å². The summed E-state index contributed by atoms with van der Waals surface area (Å²) in [5.74, 6) is 0.0165. The van der Waals surface area contributed by atoms with E-state index in [9.17, 15) is 8.42 Å². The van der Waals surface area contributed by atoms with Crippen molar-refractivity contribution in [2.45, 2.75) is 17.9 Å². The average molecular weight is 318 g/mol. The molecule has 21 heavy (non-hydrogen) atoms. The highest BCUT2D eigenvalue weighted by molar-refractivity contribution is 7.89. The molecule has 0 bridgehead atoms. The molecule has 0 aliphatic rings. The molecule has 8 heteroatoms. The predicted octanol–water partition coefficient (Wildman–Crippen LogP) is 0.0509. The van der Waals surface area contributed by atoms with Crippen LogP contribution in [-0.2, 0) is 19.5 Å². The van der Waals surface area contributed by atoms with E-state index in [2.05, 4.69) is 4.72 Å². The van der Waals surface area contributed by atoms with Gasteiger partial charge in [0.25, 0.3) is 0 Å². The van der Waals surface area contributed by atoms with Crippen molar-refractivity contribution in [2.24, 2.45) is 5.73 Å². The Hall–Kier alpha value is -1.19. The van der Waals surface area contributed by atoms with Crippen molar-refractivity contribution in [3.63, 3.8) is 0 Å².